The Balaban J connectivity index is 1.31. The molecular formula is C34H54N2O. The molecule has 0 N–H and O–H groups in total. The van der Waals surface area contributed by atoms with Crippen LogP contribution in [0.5, 0.6) is 5.75 Å². The monoisotopic (exact) mass is 506 g/mol. The van der Waals surface area contributed by atoms with Crippen LogP contribution in [0.1, 0.15) is 147 Å². The van der Waals surface area contributed by atoms with Gasteiger partial charge in [0.15, 0.2) is 5.82 Å². The summed E-state index contributed by atoms with van der Waals surface area (Å²) in [5.74, 6) is 3.35. The minimum absolute atomic E-state index is 0.641. The van der Waals surface area contributed by atoms with Crippen molar-refractivity contribution in [2.24, 2.45) is 5.92 Å². The summed E-state index contributed by atoms with van der Waals surface area (Å²) in [4.78, 5) is 9.45. The molecule has 3 nitrogen and oxygen atoms in total. The highest BCUT2D eigenvalue weighted by Crippen LogP contribution is 2.37. The molecule has 206 valence electrons. The van der Waals surface area contributed by atoms with E-state index in [0.29, 0.717) is 5.92 Å². The fourth-order valence-corrected chi connectivity index (χ4v) is 5.82. The standard InChI is InChI=1S/C34H54N2O/c1-3-5-7-9-10-11-12-14-16-26-37-33-24-22-31(23-25-33)34-35-27-32(28-36-34)30-20-18-29(19-21-30)17-15-13-8-6-4-2/h22-25,27-30H,3-21,26H2,1-2H3. The van der Waals surface area contributed by atoms with Gasteiger partial charge in [0.25, 0.3) is 0 Å². The molecule has 0 bridgehead atoms. The summed E-state index contributed by atoms with van der Waals surface area (Å²) >= 11 is 0. The number of nitrogens with zero attached hydrogens (tertiary/aromatic N) is 2. The Morgan fingerprint density at radius 2 is 1.19 bits per heavy atom. The van der Waals surface area contributed by atoms with Crippen LogP contribution in [0.15, 0.2) is 36.7 Å². The van der Waals surface area contributed by atoms with Gasteiger partial charge in [-0.05, 0) is 73.8 Å². The second-order valence-corrected chi connectivity index (χ2v) is 11.5. The van der Waals surface area contributed by atoms with E-state index in [4.69, 9.17) is 14.7 Å². The van der Waals surface area contributed by atoms with Crippen molar-refractivity contribution in [1.82, 2.24) is 9.97 Å². The average Bonchev–Trinajstić information content (AvgIpc) is 2.95. The highest BCUT2D eigenvalue weighted by atomic mass is 16.5. The maximum absolute atomic E-state index is 5.96. The van der Waals surface area contributed by atoms with Crippen LogP contribution >= 0.6 is 0 Å². The zero-order chi connectivity index (χ0) is 26.0. The molecule has 3 heteroatoms. The quantitative estimate of drug-likeness (QED) is 0.178. The van der Waals surface area contributed by atoms with Crippen molar-refractivity contribution in [3.05, 3.63) is 42.2 Å². The highest BCUT2D eigenvalue weighted by molar-refractivity contribution is 5.56. The zero-order valence-electron chi connectivity index (χ0n) is 24.1. The highest BCUT2D eigenvalue weighted by Gasteiger charge is 2.22. The van der Waals surface area contributed by atoms with Gasteiger partial charge in [-0.2, -0.15) is 0 Å². The molecule has 1 saturated carbocycles. The lowest BCUT2D eigenvalue weighted by Gasteiger charge is -2.28. The van der Waals surface area contributed by atoms with E-state index < -0.39 is 0 Å². The smallest absolute Gasteiger partial charge is 0.159 e. The molecule has 3 rings (SSSR count). The van der Waals surface area contributed by atoms with E-state index in [9.17, 15) is 0 Å². The van der Waals surface area contributed by atoms with E-state index in [1.54, 1.807) is 0 Å². The molecule has 1 aliphatic carbocycles. The van der Waals surface area contributed by atoms with Crippen LogP contribution in [0.4, 0.5) is 0 Å². The first-order valence-corrected chi connectivity index (χ1v) is 15.8. The fourth-order valence-electron chi connectivity index (χ4n) is 5.82. The van der Waals surface area contributed by atoms with E-state index >= 15 is 0 Å². The molecule has 1 fully saturated rings. The van der Waals surface area contributed by atoms with Crippen molar-refractivity contribution >= 4 is 0 Å². The van der Waals surface area contributed by atoms with Crippen LogP contribution in [0.2, 0.25) is 0 Å². The van der Waals surface area contributed by atoms with Gasteiger partial charge in [-0.1, -0.05) is 104 Å². The molecule has 1 heterocycles. The molecule has 1 aromatic heterocycles. The molecule has 0 saturated heterocycles. The van der Waals surface area contributed by atoms with E-state index in [-0.39, 0.29) is 0 Å². The Hall–Kier alpha value is -1.90. The number of unbranched alkanes of at least 4 members (excludes halogenated alkanes) is 12. The number of hydrogen-bond acceptors (Lipinski definition) is 3. The van der Waals surface area contributed by atoms with Crippen LogP contribution in [0.25, 0.3) is 11.4 Å². The number of rotatable bonds is 19. The SMILES string of the molecule is CCCCCCCCCCCOc1ccc(-c2ncc(C3CCC(CCCCCCC)CC3)cn2)cc1. The minimum atomic E-state index is 0.641. The molecule has 0 amide bonds. The Labute approximate surface area is 228 Å². The van der Waals surface area contributed by atoms with E-state index in [2.05, 4.69) is 50.5 Å². The first-order chi connectivity index (χ1) is 18.3. The summed E-state index contributed by atoms with van der Waals surface area (Å²) in [5, 5.41) is 0. The molecule has 0 unspecified atom stereocenters. The van der Waals surface area contributed by atoms with E-state index in [0.717, 1.165) is 36.1 Å². The van der Waals surface area contributed by atoms with Gasteiger partial charge in [-0.3, -0.25) is 0 Å². The van der Waals surface area contributed by atoms with Gasteiger partial charge in [0.1, 0.15) is 5.75 Å². The second-order valence-electron chi connectivity index (χ2n) is 11.5. The predicted octanol–water partition coefficient (Wildman–Crippen LogP) is 10.7. The maximum atomic E-state index is 5.96. The van der Waals surface area contributed by atoms with Crippen molar-refractivity contribution in [2.45, 2.75) is 142 Å². The Morgan fingerprint density at radius 1 is 0.649 bits per heavy atom. The van der Waals surface area contributed by atoms with Crippen LogP contribution in [0.3, 0.4) is 0 Å². The van der Waals surface area contributed by atoms with E-state index in [1.165, 1.54) is 121 Å². The molecule has 0 atom stereocenters. The van der Waals surface area contributed by atoms with Gasteiger partial charge in [0.2, 0.25) is 0 Å². The normalized spacial score (nSPS) is 17.7. The van der Waals surface area contributed by atoms with Gasteiger partial charge in [0, 0.05) is 18.0 Å². The maximum Gasteiger partial charge on any atom is 0.159 e. The predicted molar refractivity (Wildman–Crippen MR) is 158 cm³/mol. The molecular weight excluding hydrogens is 452 g/mol. The van der Waals surface area contributed by atoms with Gasteiger partial charge < -0.3 is 4.74 Å². The van der Waals surface area contributed by atoms with Crippen molar-refractivity contribution in [2.75, 3.05) is 6.61 Å². The van der Waals surface area contributed by atoms with Gasteiger partial charge in [0.05, 0.1) is 6.61 Å². The molecule has 1 aromatic carbocycles. The van der Waals surface area contributed by atoms with Crippen molar-refractivity contribution in [1.29, 1.82) is 0 Å². The summed E-state index contributed by atoms with van der Waals surface area (Å²) in [6, 6.07) is 8.30. The number of aromatic nitrogens is 2. The molecule has 0 spiro atoms. The zero-order valence-corrected chi connectivity index (χ0v) is 24.1. The van der Waals surface area contributed by atoms with Crippen LogP contribution in [-0.4, -0.2) is 16.6 Å². The fraction of sp³-hybridized carbons (Fsp3) is 0.706. The summed E-state index contributed by atoms with van der Waals surface area (Å²) in [6.45, 7) is 5.38. The minimum Gasteiger partial charge on any atom is -0.494 e. The third-order valence-corrected chi connectivity index (χ3v) is 8.34. The van der Waals surface area contributed by atoms with Crippen molar-refractivity contribution < 1.29 is 4.74 Å². The second kappa shape index (κ2) is 18.4. The lowest BCUT2D eigenvalue weighted by atomic mass is 9.77. The van der Waals surface area contributed by atoms with Crippen LogP contribution in [0, 0.1) is 5.92 Å². The Kier molecular flexibility index (Phi) is 14.7. The lowest BCUT2D eigenvalue weighted by Crippen LogP contribution is -2.14. The summed E-state index contributed by atoms with van der Waals surface area (Å²) in [6.07, 6.45) is 30.0. The van der Waals surface area contributed by atoms with Crippen LogP contribution in [-0.2, 0) is 0 Å². The van der Waals surface area contributed by atoms with Crippen molar-refractivity contribution in [3.63, 3.8) is 0 Å². The van der Waals surface area contributed by atoms with Crippen LogP contribution < -0.4 is 4.74 Å². The van der Waals surface area contributed by atoms with Gasteiger partial charge in [-0.15, -0.1) is 0 Å². The Bertz CT molecular complexity index is 809. The first kappa shape index (κ1) is 29.7. The molecule has 0 aliphatic heterocycles. The molecule has 1 aliphatic rings. The summed E-state index contributed by atoms with van der Waals surface area (Å²) in [5.41, 5.74) is 2.39. The number of hydrogen-bond donors (Lipinski definition) is 0. The summed E-state index contributed by atoms with van der Waals surface area (Å²) in [7, 11) is 0. The first-order valence-electron chi connectivity index (χ1n) is 15.8. The Morgan fingerprint density at radius 3 is 1.78 bits per heavy atom. The molecule has 0 radical (unpaired) electrons. The lowest BCUT2D eigenvalue weighted by molar-refractivity contribution is 0.301. The van der Waals surface area contributed by atoms with Gasteiger partial charge >= 0.3 is 0 Å². The number of ether oxygens (including phenoxy) is 1. The molecule has 2 aromatic rings. The van der Waals surface area contributed by atoms with Crippen molar-refractivity contribution in [3.8, 4) is 17.1 Å². The topological polar surface area (TPSA) is 35.0 Å². The third-order valence-electron chi connectivity index (χ3n) is 8.34. The third kappa shape index (κ3) is 11.6. The van der Waals surface area contributed by atoms with Gasteiger partial charge in [-0.25, -0.2) is 9.97 Å². The summed E-state index contributed by atoms with van der Waals surface area (Å²) < 4.78 is 5.96. The average molecular weight is 507 g/mol. The molecule has 37 heavy (non-hydrogen) atoms. The largest absolute Gasteiger partial charge is 0.494 e. The number of benzene rings is 1. The van der Waals surface area contributed by atoms with E-state index in [1.807, 2.05) is 0 Å².